The minimum atomic E-state index is -0.694. The minimum Gasteiger partial charge on any atom is -0.411 e. The van der Waals surface area contributed by atoms with E-state index in [-0.39, 0.29) is 39.0 Å². The van der Waals surface area contributed by atoms with Gasteiger partial charge in [0.05, 0.1) is 11.9 Å². The molecule has 3 heterocycles. The van der Waals surface area contributed by atoms with Crippen molar-refractivity contribution in [3.8, 4) is 0 Å². The van der Waals surface area contributed by atoms with Crippen LogP contribution >= 0.6 is 0 Å². The first-order valence-corrected chi connectivity index (χ1v) is 8.29. The molecule has 7 nitrogen and oxygen atoms in total. The molecular formula is C18H20N4O3W. The van der Waals surface area contributed by atoms with E-state index in [9.17, 15) is 14.4 Å². The number of rotatable bonds is 1. The summed E-state index contributed by atoms with van der Waals surface area (Å²) in [4.78, 5) is 36.5. The monoisotopic (exact) mass is 524 g/mol. The normalized spacial score (nSPS) is 22.3. The Hall–Kier alpha value is -1.82. The van der Waals surface area contributed by atoms with Crippen LogP contribution in [0.2, 0.25) is 0 Å². The van der Waals surface area contributed by atoms with Gasteiger partial charge in [0.15, 0.2) is 0 Å². The summed E-state index contributed by atoms with van der Waals surface area (Å²) in [6, 6.07) is 7.31. The fraction of sp³-hybridized carbons (Fsp3) is 0.389. The van der Waals surface area contributed by atoms with Crippen LogP contribution in [0.3, 0.4) is 0 Å². The number of hydrogen-bond donors (Lipinski definition) is 2. The Morgan fingerprint density at radius 1 is 1.23 bits per heavy atom. The topological polar surface area (TPSA) is 95.7 Å². The van der Waals surface area contributed by atoms with Gasteiger partial charge in [-0.3, -0.25) is 27.3 Å². The first-order chi connectivity index (χ1) is 12.0. The molecule has 8 heteroatoms. The predicted octanol–water partition coefficient (Wildman–Crippen LogP) is 0.408. The van der Waals surface area contributed by atoms with Crippen molar-refractivity contribution in [1.82, 2.24) is 10.3 Å². The molecule has 3 N–H and O–H groups in total. The molecule has 1 unspecified atom stereocenters. The maximum Gasteiger partial charge on any atom is 2.00 e. The van der Waals surface area contributed by atoms with E-state index in [0.717, 1.165) is 13.1 Å². The molecule has 3 aliphatic rings. The molecule has 3 amide bonds. The van der Waals surface area contributed by atoms with Crippen LogP contribution in [0.15, 0.2) is 18.2 Å². The number of nitrogens with zero attached hydrogens (tertiary/aromatic N) is 2. The van der Waals surface area contributed by atoms with Crippen molar-refractivity contribution in [2.45, 2.75) is 31.7 Å². The van der Waals surface area contributed by atoms with Crippen LogP contribution in [-0.4, -0.2) is 41.9 Å². The molecule has 26 heavy (non-hydrogen) atoms. The number of carbonyl (C=O) groups is 3. The van der Waals surface area contributed by atoms with Gasteiger partial charge in [0.2, 0.25) is 11.8 Å². The van der Waals surface area contributed by atoms with E-state index < -0.39 is 17.9 Å². The summed E-state index contributed by atoms with van der Waals surface area (Å²) in [6.45, 7) is 7.95. The molecule has 4 rings (SSSR count). The zero-order chi connectivity index (χ0) is 18.0. The van der Waals surface area contributed by atoms with Crippen LogP contribution in [0, 0.1) is 12.6 Å². The minimum absolute atomic E-state index is 0. The Bertz CT molecular complexity index is 731. The summed E-state index contributed by atoms with van der Waals surface area (Å²) in [6.07, 6.45) is 3.09. The number of amides is 3. The Kier molecular flexibility index (Phi) is 6.86. The van der Waals surface area contributed by atoms with Gasteiger partial charge in [-0.05, 0) is 19.3 Å². The van der Waals surface area contributed by atoms with Crippen LogP contribution in [0.25, 0.3) is 5.57 Å². The van der Waals surface area contributed by atoms with Gasteiger partial charge in [-0.15, -0.1) is 17.8 Å². The van der Waals surface area contributed by atoms with Crippen molar-refractivity contribution in [2.24, 2.45) is 5.84 Å². The van der Waals surface area contributed by atoms with Crippen molar-refractivity contribution >= 4 is 29.0 Å². The summed E-state index contributed by atoms with van der Waals surface area (Å²) < 4.78 is 0. The molecule has 1 aromatic carbocycles. The summed E-state index contributed by atoms with van der Waals surface area (Å²) in [5.41, 5.74) is 1.16. The Morgan fingerprint density at radius 2 is 1.92 bits per heavy atom. The van der Waals surface area contributed by atoms with Crippen LogP contribution in [0.1, 0.15) is 31.2 Å². The maximum absolute atomic E-state index is 12.2. The molecule has 3 aliphatic heterocycles. The van der Waals surface area contributed by atoms with Gasteiger partial charge >= 0.3 is 21.1 Å². The summed E-state index contributed by atoms with van der Waals surface area (Å²) in [7, 11) is 0. The Labute approximate surface area is 166 Å². The van der Waals surface area contributed by atoms with Crippen molar-refractivity contribution in [3.63, 3.8) is 0 Å². The second-order valence-electron chi connectivity index (χ2n) is 6.23. The van der Waals surface area contributed by atoms with E-state index in [1.807, 2.05) is 5.01 Å². The van der Waals surface area contributed by atoms with Gasteiger partial charge in [0.25, 0.3) is 0 Å². The van der Waals surface area contributed by atoms with Crippen molar-refractivity contribution < 1.29 is 35.4 Å². The van der Waals surface area contributed by atoms with Gasteiger partial charge in [-0.1, -0.05) is 0 Å². The fourth-order valence-electron chi connectivity index (χ4n) is 3.17. The summed E-state index contributed by atoms with van der Waals surface area (Å²) >= 11 is 0. The Morgan fingerprint density at radius 3 is 2.50 bits per heavy atom. The first-order valence-electron chi connectivity index (χ1n) is 8.29. The quantitative estimate of drug-likeness (QED) is 0.240. The zero-order valence-corrected chi connectivity index (χ0v) is 17.2. The second kappa shape index (κ2) is 8.71. The van der Waals surface area contributed by atoms with Crippen LogP contribution in [-0.2, 0) is 35.4 Å². The zero-order valence-electron chi connectivity index (χ0n) is 14.2. The van der Waals surface area contributed by atoms with Gasteiger partial charge in [-0.2, -0.15) is 6.07 Å². The third-order valence-electron chi connectivity index (χ3n) is 4.47. The Balaban J connectivity index is 0.000000297. The van der Waals surface area contributed by atoms with Gasteiger partial charge in [0.1, 0.15) is 0 Å². The number of anilines is 1. The van der Waals surface area contributed by atoms with Crippen molar-refractivity contribution in [1.29, 1.82) is 0 Å². The van der Waals surface area contributed by atoms with Gasteiger partial charge in [-0.25, -0.2) is 22.2 Å². The van der Waals surface area contributed by atoms with Crippen LogP contribution < -0.4 is 16.1 Å². The molecule has 0 radical (unpaired) electrons. The predicted molar refractivity (Wildman–Crippen MR) is 91.6 cm³/mol. The number of hydrogen-bond acceptors (Lipinski definition) is 5. The number of carbonyl (C=O) groups excluding carboxylic acids is 3. The standard InChI is InChI=1S/C14H10N2O3.C4H10N2.W/c1-8-9-4-2-3-5-10(9)16(14(8)19)11-6-7-12(17)15-13(11)18;5-6-3-1-2-4-6;/h1-3,5,11H,6-7H2,(H,15,17,18);1-5H2;/q-2;;+2. The first kappa shape index (κ1) is 20.5. The number of imide groups is 1. The van der Waals surface area contributed by atoms with Crippen LogP contribution in [0.4, 0.5) is 5.69 Å². The molecular weight excluding hydrogens is 504 g/mol. The fourth-order valence-corrected chi connectivity index (χ4v) is 3.17. The molecule has 0 bridgehead atoms. The second-order valence-corrected chi connectivity index (χ2v) is 6.23. The molecule has 0 spiro atoms. The van der Waals surface area contributed by atoms with E-state index in [1.54, 1.807) is 18.2 Å². The molecule has 1 atom stereocenters. The smallest absolute Gasteiger partial charge is 0.411 e. The molecule has 136 valence electrons. The number of piperidine rings is 1. The molecule has 0 aromatic heterocycles. The number of hydrazine groups is 1. The number of benzene rings is 1. The molecule has 0 aliphatic carbocycles. The average Bonchev–Trinajstić information content (AvgIpc) is 3.16. The van der Waals surface area contributed by atoms with E-state index in [4.69, 9.17) is 12.4 Å². The van der Waals surface area contributed by atoms with Crippen molar-refractivity contribution in [3.05, 3.63) is 36.4 Å². The number of nitrogens with one attached hydrogen (secondary N) is 1. The molecule has 2 fully saturated rings. The van der Waals surface area contributed by atoms with Crippen molar-refractivity contribution in [2.75, 3.05) is 18.0 Å². The van der Waals surface area contributed by atoms with Gasteiger partial charge < -0.3 is 9.69 Å². The third kappa shape index (κ3) is 4.11. The maximum atomic E-state index is 12.2. The molecule has 1 aromatic rings. The van der Waals surface area contributed by atoms with E-state index >= 15 is 0 Å². The SMILES string of the molecule is NN1CCCC1.[CH-]=C1C(=O)N(C2CCC(=O)NC2=O)c2ccc[c-]c21.[W+2]. The molecule has 2 saturated heterocycles. The summed E-state index contributed by atoms with van der Waals surface area (Å²) in [5, 5.41) is 4.10. The van der Waals surface area contributed by atoms with Crippen LogP contribution in [0.5, 0.6) is 0 Å². The van der Waals surface area contributed by atoms with E-state index in [2.05, 4.69) is 11.4 Å². The number of fused-ring (bicyclic) bond motifs is 1. The number of nitrogens with two attached hydrogens (primary N) is 1. The third-order valence-corrected chi connectivity index (χ3v) is 4.47. The average molecular weight is 524 g/mol. The molecule has 0 saturated carbocycles. The largest absolute Gasteiger partial charge is 2.00 e. The van der Waals surface area contributed by atoms with E-state index in [1.165, 1.54) is 17.7 Å². The summed E-state index contributed by atoms with van der Waals surface area (Å²) in [5.74, 6) is 4.18. The van der Waals surface area contributed by atoms with E-state index in [0.29, 0.717) is 17.7 Å². The van der Waals surface area contributed by atoms with Gasteiger partial charge in [0, 0.05) is 19.5 Å².